The van der Waals surface area contributed by atoms with E-state index in [2.05, 4.69) is 14.7 Å². The number of carbonyl (C=O) groups is 1. The van der Waals surface area contributed by atoms with Crippen molar-refractivity contribution in [2.75, 3.05) is 12.9 Å². The molecule has 0 radical (unpaired) electrons. The third-order valence-electron chi connectivity index (χ3n) is 3.36. The van der Waals surface area contributed by atoms with E-state index in [0.29, 0.717) is 5.16 Å². The summed E-state index contributed by atoms with van der Waals surface area (Å²) in [5.74, 6) is -0.182. The highest BCUT2D eigenvalue weighted by atomic mass is 32.2. The van der Waals surface area contributed by atoms with E-state index in [4.69, 9.17) is 0 Å². The Balaban J connectivity index is 1.98. The van der Waals surface area contributed by atoms with Gasteiger partial charge in [0.15, 0.2) is 5.16 Å². The third-order valence-corrected chi connectivity index (χ3v) is 5.39. The normalized spacial score (nSPS) is 14.2. The molecule has 0 atom stereocenters. The molecule has 1 aliphatic carbocycles. The fourth-order valence-electron chi connectivity index (χ4n) is 2.40. The Labute approximate surface area is 123 Å². The molecule has 0 spiro atoms. The lowest BCUT2D eigenvalue weighted by Gasteiger charge is -2.09. The number of esters is 1. The van der Waals surface area contributed by atoms with Crippen LogP contribution in [0, 0.1) is 0 Å². The van der Waals surface area contributed by atoms with Crippen molar-refractivity contribution in [2.45, 2.75) is 30.8 Å². The molecule has 106 valence electrons. The molecule has 2 aromatic rings. The molecule has 1 aliphatic rings. The Kier molecular flexibility index (Phi) is 3.80. The summed E-state index contributed by atoms with van der Waals surface area (Å²) in [4.78, 5) is 32.7. The van der Waals surface area contributed by atoms with Gasteiger partial charge >= 0.3 is 5.97 Å². The second-order valence-corrected chi connectivity index (χ2v) is 6.67. The van der Waals surface area contributed by atoms with Gasteiger partial charge in [0, 0.05) is 4.88 Å². The molecule has 2 aromatic heterocycles. The summed E-state index contributed by atoms with van der Waals surface area (Å²) in [7, 11) is 1.34. The number of fused-ring (bicyclic) bond motifs is 3. The van der Waals surface area contributed by atoms with Crippen molar-refractivity contribution in [2.24, 2.45) is 0 Å². The quantitative estimate of drug-likeness (QED) is 0.534. The standard InChI is InChI=1S/C13H14N2O3S2/c1-18-9(16)6-19-13-14-11(17)10-7-4-2-3-5-8(7)20-12(10)15-13/h2-6H2,1H3,(H,14,15,17). The third kappa shape index (κ3) is 2.47. The fraction of sp³-hybridized carbons (Fsp3) is 0.462. The molecule has 0 aromatic carbocycles. The maximum Gasteiger partial charge on any atom is 0.316 e. The zero-order valence-corrected chi connectivity index (χ0v) is 12.7. The van der Waals surface area contributed by atoms with Gasteiger partial charge in [0.1, 0.15) is 4.83 Å². The number of carbonyl (C=O) groups excluding carboxylic acids is 1. The van der Waals surface area contributed by atoms with Crippen LogP contribution in [-0.2, 0) is 22.4 Å². The van der Waals surface area contributed by atoms with Crippen molar-refractivity contribution < 1.29 is 9.53 Å². The number of hydrogen-bond acceptors (Lipinski definition) is 6. The van der Waals surface area contributed by atoms with E-state index in [0.717, 1.165) is 29.5 Å². The molecule has 3 rings (SSSR count). The monoisotopic (exact) mass is 310 g/mol. The summed E-state index contributed by atoms with van der Waals surface area (Å²) in [5.41, 5.74) is 1.08. The van der Waals surface area contributed by atoms with E-state index in [1.165, 1.54) is 35.7 Å². The number of nitrogens with zero attached hydrogens (tertiary/aromatic N) is 1. The molecule has 5 nitrogen and oxygen atoms in total. The predicted octanol–water partition coefficient (Wildman–Crippen LogP) is 2.13. The smallest absolute Gasteiger partial charge is 0.316 e. The minimum Gasteiger partial charge on any atom is -0.468 e. The van der Waals surface area contributed by atoms with E-state index in [9.17, 15) is 9.59 Å². The van der Waals surface area contributed by atoms with Crippen molar-refractivity contribution in [3.8, 4) is 0 Å². The van der Waals surface area contributed by atoms with E-state index in [-0.39, 0.29) is 17.3 Å². The van der Waals surface area contributed by atoms with Gasteiger partial charge in [0.25, 0.3) is 5.56 Å². The predicted molar refractivity (Wildman–Crippen MR) is 79.6 cm³/mol. The Bertz CT molecular complexity index is 720. The number of rotatable bonds is 3. The summed E-state index contributed by atoms with van der Waals surface area (Å²) in [6, 6.07) is 0. The van der Waals surface area contributed by atoms with Crippen LogP contribution in [0.1, 0.15) is 23.3 Å². The number of aromatic amines is 1. The first kappa shape index (κ1) is 13.6. The minimum absolute atomic E-state index is 0.0956. The number of aryl methyl sites for hydroxylation is 2. The number of methoxy groups -OCH3 is 1. The highest BCUT2D eigenvalue weighted by molar-refractivity contribution is 7.99. The molecular weight excluding hydrogens is 296 g/mol. The molecule has 0 bridgehead atoms. The summed E-state index contributed by atoms with van der Waals surface area (Å²) in [6.45, 7) is 0. The van der Waals surface area contributed by atoms with Gasteiger partial charge in [-0.2, -0.15) is 0 Å². The number of nitrogens with one attached hydrogen (secondary N) is 1. The van der Waals surface area contributed by atoms with Crippen LogP contribution in [-0.4, -0.2) is 28.8 Å². The average Bonchev–Trinajstić information content (AvgIpc) is 2.83. The minimum atomic E-state index is -0.330. The second-order valence-electron chi connectivity index (χ2n) is 4.63. The van der Waals surface area contributed by atoms with Crippen LogP contribution in [0.2, 0.25) is 0 Å². The summed E-state index contributed by atoms with van der Waals surface area (Å²) < 4.78 is 4.58. The van der Waals surface area contributed by atoms with Crippen molar-refractivity contribution in [1.29, 1.82) is 0 Å². The van der Waals surface area contributed by atoms with Gasteiger partial charge in [-0.05, 0) is 31.2 Å². The van der Waals surface area contributed by atoms with Crippen molar-refractivity contribution in [1.82, 2.24) is 9.97 Å². The maximum atomic E-state index is 12.2. The molecule has 0 saturated carbocycles. The number of aromatic nitrogens is 2. The first-order valence-electron chi connectivity index (χ1n) is 6.43. The number of H-pyrrole nitrogens is 1. The van der Waals surface area contributed by atoms with Crippen LogP contribution < -0.4 is 5.56 Å². The van der Waals surface area contributed by atoms with Gasteiger partial charge in [-0.25, -0.2) is 4.98 Å². The van der Waals surface area contributed by atoms with Crippen LogP contribution in [0.25, 0.3) is 10.2 Å². The van der Waals surface area contributed by atoms with Crippen molar-refractivity contribution >= 4 is 39.3 Å². The molecule has 20 heavy (non-hydrogen) atoms. The van der Waals surface area contributed by atoms with Crippen molar-refractivity contribution in [3.05, 3.63) is 20.8 Å². The Morgan fingerprint density at radius 1 is 1.45 bits per heavy atom. The Morgan fingerprint density at radius 3 is 3.05 bits per heavy atom. The zero-order valence-electron chi connectivity index (χ0n) is 11.0. The van der Waals surface area contributed by atoms with E-state index in [1.54, 1.807) is 11.3 Å². The largest absolute Gasteiger partial charge is 0.468 e. The molecule has 0 amide bonds. The fourth-order valence-corrected chi connectivity index (χ4v) is 4.41. The van der Waals surface area contributed by atoms with Gasteiger partial charge < -0.3 is 9.72 Å². The molecular formula is C13H14N2O3S2. The van der Waals surface area contributed by atoms with E-state index in [1.807, 2.05) is 0 Å². The average molecular weight is 310 g/mol. The van der Waals surface area contributed by atoms with Crippen LogP contribution in [0.4, 0.5) is 0 Å². The van der Waals surface area contributed by atoms with E-state index < -0.39 is 0 Å². The van der Waals surface area contributed by atoms with Gasteiger partial charge in [-0.1, -0.05) is 11.8 Å². The topological polar surface area (TPSA) is 72.0 Å². The zero-order chi connectivity index (χ0) is 14.1. The Morgan fingerprint density at radius 2 is 2.25 bits per heavy atom. The van der Waals surface area contributed by atoms with E-state index >= 15 is 0 Å². The molecule has 1 N–H and O–H groups in total. The highest BCUT2D eigenvalue weighted by Gasteiger charge is 2.19. The molecule has 2 heterocycles. The number of thioether (sulfide) groups is 1. The number of hydrogen-bond donors (Lipinski definition) is 1. The summed E-state index contributed by atoms with van der Waals surface area (Å²) in [6.07, 6.45) is 4.33. The first-order valence-corrected chi connectivity index (χ1v) is 8.23. The molecule has 0 saturated heterocycles. The first-order chi connectivity index (χ1) is 9.69. The van der Waals surface area contributed by atoms with Gasteiger partial charge in [-0.3, -0.25) is 9.59 Å². The number of ether oxygens (including phenoxy) is 1. The Hall–Kier alpha value is -1.34. The lowest BCUT2D eigenvalue weighted by Crippen LogP contribution is -2.12. The van der Waals surface area contributed by atoms with Crippen LogP contribution in [0.3, 0.4) is 0 Å². The number of thiophene rings is 1. The molecule has 0 aliphatic heterocycles. The highest BCUT2D eigenvalue weighted by Crippen LogP contribution is 2.34. The van der Waals surface area contributed by atoms with Crippen LogP contribution in [0.5, 0.6) is 0 Å². The lowest BCUT2D eigenvalue weighted by atomic mass is 9.97. The van der Waals surface area contributed by atoms with Gasteiger partial charge in [0.2, 0.25) is 0 Å². The second kappa shape index (κ2) is 5.57. The molecule has 0 unspecified atom stereocenters. The SMILES string of the molecule is COC(=O)CSc1nc2sc3c(c2c(=O)[nH]1)CCCC3. The van der Waals surface area contributed by atoms with Gasteiger partial charge in [0.05, 0.1) is 18.2 Å². The van der Waals surface area contributed by atoms with Crippen LogP contribution >= 0.6 is 23.1 Å². The summed E-state index contributed by atoms with van der Waals surface area (Å²) in [5, 5.41) is 1.22. The molecule has 7 heteroatoms. The van der Waals surface area contributed by atoms with Crippen molar-refractivity contribution in [3.63, 3.8) is 0 Å². The van der Waals surface area contributed by atoms with Crippen LogP contribution in [0.15, 0.2) is 9.95 Å². The van der Waals surface area contributed by atoms with Gasteiger partial charge in [-0.15, -0.1) is 11.3 Å². The summed E-state index contributed by atoms with van der Waals surface area (Å²) >= 11 is 2.80. The lowest BCUT2D eigenvalue weighted by molar-refractivity contribution is -0.137. The molecule has 0 fully saturated rings. The maximum absolute atomic E-state index is 12.2.